The van der Waals surface area contributed by atoms with E-state index in [0.29, 0.717) is 24.7 Å². The van der Waals surface area contributed by atoms with Crippen molar-refractivity contribution in [2.45, 2.75) is 6.10 Å². The number of rotatable bonds is 2. The number of halogens is 1. The zero-order valence-corrected chi connectivity index (χ0v) is 7.85. The molecule has 0 radical (unpaired) electrons. The molecule has 2 N–H and O–H groups in total. The van der Waals surface area contributed by atoms with Gasteiger partial charge in [-0.3, -0.25) is 4.90 Å². The van der Waals surface area contributed by atoms with Gasteiger partial charge in [0, 0.05) is 37.8 Å². The summed E-state index contributed by atoms with van der Waals surface area (Å²) in [5.41, 5.74) is 0. The first-order valence-corrected chi connectivity index (χ1v) is 4.50. The summed E-state index contributed by atoms with van der Waals surface area (Å²) in [5.74, 6) is 0. The van der Waals surface area contributed by atoms with E-state index >= 15 is 0 Å². The van der Waals surface area contributed by atoms with Crippen LogP contribution in [0.4, 0.5) is 0 Å². The molecule has 1 heterocycles. The Bertz CT molecular complexity index is 163. The molecule has 0 bridgehead atoms. The summed E-state index contributed by atoms with van der Waals surface area (Å²) in [5, 5.41) is 13.2. The van der Waals surface area contributed by atoms with E-state index in [9.17, 15) is 5.11 Å². The molecule has 1 fully saturated rings. The molecule has 0 aromatic carbocycles. The van der Waals surface area contributed by atoms with E-state index in [1.54, 1.807) is 0 Å². The highest BCUT2D eigenvalue weighted by Crippen LogP contribution is 2.03. The zero-order valence-electron chi connectivity index (χ0n) is 7.09. The van der Waals surface area contributed by atoms with E-state index in [-0.39, 0.29) is 6.10 Å². The van der Waals surface area contributed by atoms with Crippen molar-refractivity contribution < 1.29 is 5.11 Å². The summed E-state index contributed by atoms with van der Waals surface area (Å²) < 4.78 is 0. The van der Waals surface area contributed by atoms with Gasteiger partial charge in [-0.05, 0) is 0 Å². The Kier molecular flexibility index (Phi) is 4.01. The normalized spacial score (nSPS) is 26.7. The number of nitrogens with one attached hydrogen (secondary N) is 1. The smallest absolute Gasteiger partial charge is 0.0791 e. The molecular weight excluding hydrogens is 176 g/mol. The average molecular weight is 191 g/mol. The lowest BCUT2D eigenvalue weighted by molar-refractivity contribution is 0.136. The van der Waals surface area contributed by atoms with Crippen LogP contribution in [-0.2, 0) is 0 Å². The van der Waals surface area contributed by atoms with Crippen molar-refractivity contribution in [1.29, 1.82) is 0 Å². The molecule has 0 amide bonds. The van der Waals surface area contributed by atoms with Crippen molar-refractivity contribution in [3.8, 4) is 0 Å². The van der Waals surface area contributed by atoms with Gasteiger partial charge in [-0.1, -0.05) is 18.2 Å². The fourth-order valence-electron chi connectivity index (χ4n) is 1.35. The van der Waals surface area contributed by atoms with Gasteiger partial charge in [0.25, 0.3) is 0 Å². The molecule has 1 unspecified atom stereocenters. The summed E-state index contributed by atoms with van der Waals surface area (Å²) in [6.45, 7) is 7.47. The van der Waals surface area contributed by atoms with Crippen LogP contribution in [0.25, 0.3) is 0 Å². The number of hydrogen-bond acceptors (Lipinski definition) is 3. The molecule has 0 spiro atoms. The quantitative estimate of drug-likeness (QED) is 0.644. The fourth-order valence-corrected chi connectivity index (χ4v) is 1.51. The first-order valence-electron chi connectivity index (χ1n) is 4.13. The number of hydrogen-bond donors (Lipinski definition) is 2. The van der Waals surface area contributed by atoms with Crippen molar-refractivity contribution >= 4 is 11.6 Å². The van der Waals surface area contributed by atoms with Crippen LogP contribution in [0, 0.1) is 0 Å². The van der Waals surface area contributed by atoms with Crippen LogP contribution in [0.2, 0.25) is 0 Å². The molecule has 70 valence electrons. The van der Waals surface area contributed by atoms with Crippen LogP contribution in [0.1, 0.15) is 0 Å². The van der Waals surface area contributed by atoms with Crippen LogP contribution in [-0.4, -0.2) is 48.8 Å². The highest BCUT2D eigenvalue weighted by Gasteiger charge is 2.14. The first kappa shape index (κ1) is 9.99. The van der Waals surface area contributed by atoms with Gasteiger partial charge in [-0.15, -0.1) is 0 Å². The third kappa shape index (κ3) is 3.54. The van der Waals surface area contributed by atoms with Gasteiger partial charge in [0.15, 0.2) is 0 Å². The number of aliphatic hydroxyl groups excluding tert-OH is 1. The first-order chi connectivity index (χ1) is 5.68. The Morgan fingerprint density at radius 2 is 2.50 bits per heavy atom. The molecule has 1 aliphatic heterocycles. The third-order valence-electron chi connectivity index (χ3n) is 1.85. The lowest BCUT2D eigenvalue weighted by Gasteiger charge is -2.20. The second-order valence-corrected chi connectivity index (χ2v) is 3.64. The Labute approximate surface area is 78.0 Å². The standard InChI is InChI=1S/C8H15ClN2O/c1-7(9)5-11-3-2-10-4-8(12)6-11/h8,10,12H,1-6H2. The maximum atomic E-state index is 9.40. The summed E-state index contributed by atoms with van der Waals surface area (Å²) >= 11 is 5.67. The molecule has 0 saturated carbocycles. The van der Waals surface area contributed by atoms with Crippen LogP contribution in [0.3, 0.4) is 0 Å². The van der Waals surface area contributed by atoms with E-state index < -0.39 is 0 Å². The van der Waals surface area contributed by atoms with Gasteiger partial charge < -0.3 is 10.4 Å². The van der Waals surface area contributed by atoms with E-state index in [2.05, 4.69) is 16.8 Å². The van der Waals surface area contributed by atoms with E-state index in [1.165, 1.54) is 0 Å². The van der Waals surface area contributed by atoms with Crippen LogP contribution < -0.4 is 5.32 Å². The zero-order chi connectivity index (χ0) is 8.97. The topological polar surface area (TPSA) is 35.5 Å². The third-order valence-corrected chi connectivity index (χ3v) is 1.97. The monoisotopic (exact) mass is 190 g/mol. The highest BCUT2D eigenvalue weighted by atomic mass is 35.5. The number of aliphatic hydroxyl groups is 1. The lowest BCUT2D eigenvalue weighted by atomic mass is 10.3. The predicted octanol–water partition coefficient (Wildman–Crippen LogP) is 0.00500. The van der Waals surface area contributed by atoms with Crippen molar-refractivity contribution in [2.75, 3.05) is 32.7 Å². The highest BCUT2D eigenvalue weighted by molar-refractivity contribution is 6.29. The minimum atomic E-state index is -0.288. The summed E-state index contributed by atoms with van der Waals surface area (Å²) in [6, 6.07) is 0. The molecule has 0 aliphatic carbocycles. The van der Waals surface area contributed by atoms with Crippen LogP contribution in [0.15, 0.2) is 11.6 Å². The fraction of sp³-hybridized carbons (Fsp3) is 0.750. The van der Waals surface area contributed by atoms with Crippen molar-refractivity contribution in [2.24, 2.45) is 0 Å². The van der Waals surface area contributed by atoms with Gasteiger partial charge in [-0.2, -0.15) is 0 Å². The van der Waals surface area contributed by atoms with Gasteiger partial charge in [-0.25, -0.2) is 0 Å². The van der Waals surface area contributed by atoms with Crippen LogP contribution >= 0.6 is 11.6 Å². The van der Waals surface area contributed by atoms with Crippen molar-refractivity contribution in [3.05, 3.63) is 11.6 Å². The van der Waals surface area contributed by atoms with E-state index in [0.717, 1.165) is 13.1 Å². The molecule has 4 heteroatoms. The van der Waals surface area contributed by atoms with Gasteiger partial charge in [0.2, 0.25) is 0 Å². The second kappa shape index (κ2) is 4.82. The molecule has 1 saturated heterocycles. The second-order valence-electron chi connectivity index (χ2n) is 3.11. The molecule has 0 aromatic heterocycles. The number of nitrogens with zero attached hydrogens (tertiary/aromatic N) is 1. The average Bonchev–Trinajstić information content (AvgIpc) is 2.12. The maximum absolute atomic E-state index is 9.40. The van der Waals surface area contributed by atoms with Crippen molar-refractivity contribution in [3.63, 3.8) is 0 Å². The number of β-amino-alcohol motifs (C(OH)–C–C–N with tert-alkyl or cyclic N) is 1. The SMILES string of the molecule is C=C(Cl)CN1CCNCC(O)C1. The molecular formula is C8H15ClN2O. The predicted molar refractivity (Wildman–Crippen MR) is 50.3 cm³/mol. The summed E-state index contributed by atoms with van der Waals surface area (Å²) in [7, 11) is 0. The molecule has 12 heavy (non-hydrogen) atoms. The van der Waals surface area contributed by atoms with Gasteiger partial charge in [0.1, 0.15) is 0 Å². The Hall–Kier alpha value is -0.0900. The van der Waals surface area contributed by atoms with Gasteiger partial charge >= 0.3 is 0 Å². The molecule has 1 rings (SSSR count). The molecule has 1 aliphatic rings. The lowest BCUT2D eigenvalue weighted by Crippen LogP contribution is -2.33. The minimum absolute atomic E-state index is 0.288. The molecule has 3 nitrogen and oxygen atoms in total. The Morgan fingerprint density at radius 3 is 3.17 bits per heavy atom. The Morgan fingerprint density at radius 1 is 1.75 bits per heavy atom. The molecule has 0 aromatic rings. The summed E-state index contributed by atoms with van der Waals surface area (Å²) in [4.78, 5) is 2.10. The van der Waals surface area contributed by atoms with E-state index in [1.807, 2.05) is 0 Å². The maximum Gasteiger partial charge on any atom is 0.0791 e. The van der Waals surface area contributed by atoms with Gasteiger partial charge in [0.05, 0.1) is 6.10 Å². The Balaban J connectivity index is 2.35. The summed E-state index contributed by atoms with van der Waals surface area (Å²) in [6.07, 6.45) is -0.288. The minimum Gasteiger partial charge on any atom is -0.390 e. The largest absolute Gasteiger partial charge is 0.390 e. The van der Waals surface area contributed by atoms with Crippen LogP contribution in [0.5, 0.6) is 0 Å². The molecule has 1 atom stereocenters. The van der Waals surface area contributed by atoms with E-state index in [4.69, 9.17) is 11.6 Å². The van der Waals surface area contributed by atoms with Crippen molar-refractivity contribution in [1.82, 2.24) is 10.2 Å².